The summed E-state index contributed by atoms with van der Waals surface area (Å²) in [5, 5.41) is 0. The Hall–Kier alpha value is -1.89. The van der Waals surface area contributed by atoms with Crippen LogP contribution in [0.5, 0.6) is 5.75 Å². The van der Waals surface area contributed by atoms with E-state index in [1.807, 2.05) is 30.3 Å². The van der Waals surface area contributed by atoms with Crippen molar-refractivity contribution in [3.05, 3.63) is 60.2 Å². The number of nitrogens with one attached hydrogen (secondary N) is 1. The molecule has 0 saturated carbocycles. The van der Waals surface area contributed by atoms with Crippen molar-refractivity contribution in [2.45, 2.75) is 11.0 Å². The van der Waals surface area contributed by atoms with E-state index in [9.17, 15) is 8.42 Å². The molecule has 5 nitrogen and oxygen atoms in total. The maximum atomic E-state index is 12.3. The molecule has 2 aromatic rings. The average molecular weight is 321 g/mol. The Morgan fingerprint density at radius 3 is 2.18 bits per heavy atom. The molecule has 1 atom stereocenters. The van der Waals surface area contributed by atoms with Gasteiger partial charge in [0, 0.05) is 13.7 Å². The molecule has 0 aromatic heterocycles. The molecule has 0 fully saturated rings. The fourth-order valence-electron chi connectivity index (χ4n) is 2.03. The quantitative estimate of drug-likeness (QED) is 0.850. The molecule has 0 aliphatic carbocycles. The van der Waals surface area contributed by atoms with Gasteiger partial charge in [-0.25, -0.2) is 13.1 Å². The van der Waals surface area contributed by atoms with Gasteiger partial charge >= 0.3 is 0 Å². The van der Waals surface area contributed by atoms with Crippen LogP contribution in [0.15, 0.2) is 59.5 Å². The second kappa shape index (κ2) is 7.40. The maximum Gasteiger partial charge on any atom is 0.240 e. The molecule has 2 rings (SSSR count). The Bertz CT molecular complexity index is 684. The van der Waals surface area contributed by atoms with Crippen LogP contribution in [0.3, 0.4) is 0 Å². The van der Waals surface area contributed by atoms with Crippen molar-refractivity contribution < 1.29 is 17.9 Å². The van der Waals surface area contributed by atoms with E-state index in [0.29, 0.717) is 5.75 Å². The van der Waals surface area contributed by atoms with E-state index in [2.05, 4.69) is 4.72 Å². The molecular formula is C16H19NO4S. The van der Waals surface area contributed by atoms with Crippen molar-refractivity contribution in [2.24, 2.45) is 0 Å². The molecule has 0 aliphatic heterocycles. The molecule has 0 unspecified atom stereocenters. The Kier molecular flexibility index (Phi) is 5.54. The van der Waals surface area contributed by atoms with Crippen molar-refractivity contribution in [2.75, 3.05) is 20.8 Å². The van der Waals surface area contributed by atoms with Crippen LogP contribution in [-0.2, 0) is 14.8 Å². The van der Waals surface area contributed by atoms with E-state index in [-0.39, 0.29) is 17.5 Å². The Balaban J connectivity index is 2.08. The standard InChI is InChI=1S/C16H19NO4S/c1-20-14-8-10-15(11-9-14)22(18,19)17-12-16(21-2)13-6-4-3-5-7-13/h3-11,16-17H,12H2,1-2H3/t16-/m1/s1. The first-order valence-corrected chi connectivity index (χ1v) is 8.26. The zero-order chi connectivity index (χ0) is 16.0. The summed E-state index contributed by atoms with van der Waals surface area (Å²) in [7, 11) is -0.497. The van der Waals surface area contributed by atoms with Crippen molar-refractivity contribution in [1.29, 1.82) is 0 Å². The predicted molar refractivity (Wildman–Crippen MR) is 84.4 cm³/mol. The van der Waals surface area contributed by atoms with Gasteiger partial charge in [-0.2, -0.15) is 0 Å². The minimum Gasteiger partial charge on any atom is -0.497 e. The summed E-state index contributed by atoms with van der Waals surface area (Å²) in [6.45, 7) is 0.162. The topological polar surface area (TPSA) is 64.6 Å². The van der Waals surface area contributed by atoms with Crippen LogP contribution in [0.1, 0.15) is 11.7 Å². The van der Waals surface area contributed by atoms with Crippen molar-refractivity contribution >= 4 is 10.0 Å². The van der Waals surface area contributed by atoms with Crippen LogP contribution in [0.25, 0.3) is 0 Å². The highest BCUT2D eigenvalue weighted by molar-refractivity contribution is 7.89. The lowest BCUT2D eigenvalue weighted by molar-refractivity contribution is 0.107. The maximum absolute atomic E-state index is 12.3. The van der Waals surface area contributed by atoms with E-state index in [1.165, 1.54) is 19.2 Å². The normalized spacial score (nSPS) is 12.8. The number of methoxy groups -OCH3 is 2. The van der Waals surface area contributed by atoms with Crippen molar-refractivity contribution in [1.82, 2.24) is 4.72 Å². The van der Waals surface area contributed by atoms with Gasteiger partial charge in [0.15, 0.2) is 0 Å². The van der Waals surface area contributed by atoms with Gasteiger partial charge in [0.05, 0.1) is 18.1 Å². The molecule has 0 spiro atoms. The van der Waals surface area contributed by atoms with E-state index < -0.39 is 10.0 Å². The van der Waals surface area contributed by atoms with Crippen LogP contribution >= 0.6 is 0 Å². The molecule has 0 aliphatic rings. The second-order valence-corrected chi connectivity index (χ2v) is 6.43. The van der Waals surface area contributed by atoms with E-state index in [0.717, 1.165) is 5.56 Å². The van der Waals surface area contributed by atoms with Gasteiger partial charge in [-0.3, -0.25) is 0 Å². The minimum absolute atomic E-state index is 0.162. The smallest absolute Gasteiger partial charge is 0.240 e. The first-order chi connectivity index (χ1) is 10.6. The summed E-state index contributed by atoms with van der Waals surface area (Å²) in [5.74, 6) is 0.609. The molecule has 22 heavy (non-hydrogen) atoms. The zero-order valence-electron chi connectivity index (χ0n) is 12.5. The molecule has 0 amide bonds. The van der Waals surface area contributed by atoms with Crippen LogP contribution in [0.4, 0.5) is 0 Å². The Labute approximate surface area is 130 Å². The highest BCUT2D eigenvalue weighted by Gasteiger charge is 2.17. The van der Waals surface area contributed by atoms with Crippen LogP contribution in [0, 0.1) is 0 Å². The van der Waals surface area contributed by atoms with Gasteiger partial charge in [0.2, 0.25) is 10.0 Å². The highest BCUT2D eigenvalue weighted by Crippen LogP contribution is 2.18. The first kappa shape index (κ1) is 16.5. The third-order valence-corrected chi connectivity index (χ3v) is 4.72. The van der Waals surface area contributed by atoms with Gasteiger partial charge in [-0.1, -0.05) is 30.3 Å². The molecule has 0 bridgehead atoms. The molecular weight excluding hydrogens is 302 g/mol. The Morgan fingerprint density at radius 1 is 1.00 bits per heavy atom. The monoisotopic (exact) mass is 321 g/mol. The predicted octanol–water partition coefficient (Wildman–Crippen LogP) is 2.36. The Morgan fingerprint density at radius 2 is 1.64 bits per heavy atom. The van der Waals surface area contributed by atoms with Crippen LogP contribution in [-0.4, -0.2) is 29.2 Å². The number of ether oxygens (including phenoxy) is 2. The fourth-order valence-corrected chi connectivity index (χ4v) is 3.06. The van der Waals surface area contributed by atoms with Gasteiger partial charge in [-0.05, 0) is 29.8 Å². The summed E-state index contributed by atoms with van der Waals surface area (Å²) in [6.07, 6.45) is -0.339. The number of rotatable bonds is 7. The van der Waals surface area contributed by atoms with Crippen molar-refractivity contribution in [3.8, 4) is 5.75 Å². The van der Waals surface area contributed by atoms with Gasteiger partial charge in [0.1, 0.15) is 5.75 Å². The first-order valence-electron chi connectivity index (χ1n) is 6.78. The van der Waals surface area contributed by atoms with Gasteiger partial charge in [0.25, 0.3) is 0 Å². The number of benzene rings is 2. The van der Waals surface area contributed by atoms with E-state index in [4.69, 9.17) is 9.47 Å². The molecule has 0 heterocycles. The number of hydrogen-bond acceptors (Lipinski definition) is 4. The lowest BCUT2D eigenvalue weighted by atomic mass is 10.1. The molecule has 2 aromatic carbocycles. The number of sulfonamides is 1. The third kappa shape index (κ3) is 4.07. The zero-order valence-corrected chi connectivity index (χ0v) is 13.3. The van der Waals surface area contributed by atoms with E-state index >= 15 is 0 Å². The number of hydrogen-bond donors (Lipinski definition) is 1. The molecule has 0 radical (unpaired) electrons. The summed E-state index contributed by atoms with van der Waals surface area (Å²) < 4.78 is 37.5. The SMILES string of the molecule is COc1ccc(S(=O)(=O)NC[C@@H](OC)c2ccccc2)cc1. The summed E-state index contributed by atoms with van der Waals surface area (Å²) in [5.41, 5.74) is 0.919. The summed E-state index contributed by atoms with van der Waals surface area (Å²) in [6, 6.07) is 15.7. The van der Waals surface area contributed by atoms with Crippen LogP contribution < -0.4 is 9.46 Å². The summed E-state index contributed by atoms with van der Waals surface area (Å²) >= 11 is 0. The third-order valence-electron chi connectivity index (χ3n) is 3.28. The second-order valence-electron chi connectivity index (χ2n) is 4.66. The fraction of sp³-hybridized carbons (Fsp3) is 0.250. The lowest BCUT2D eigenvalue weighted by Crippen LogP contribution is -2.29. The lowest BCUT2D eigenvalue weighted by Gasteiger charge is -2.16. The average Bonchev–Trinajstić information content (AvgIpc) is 2.56. The largest absolute Gasteiger partial charge is 0.497 e. The molecule has 118 valence electrons. The summed E-state index contributed by atoms with van der Waals surface area (Å²) in [4.78, 5) is 0.191. The van der Waals surface area contributed by atoms with Gasteiger partial charge < -0.3 is 9.47 Å². The highest BCUT2D eigenvalue weighted by atomic mass is 32.2. The van der Waals surface area contributed by atoms with Crippen molar-refractivity contribution in [3.63, 3.8) is 0 Å². The minimum atomic E-state index is -3.58. The molecule has 0 saturated heterocycles. The molecule has 1 N–H and O–H groups in total. The van der Waals surface area contributed by atoms with E-state index in [1.54, 1.807) is 19.2 Å². The van der Waals surface area contributed by atoms with Gasteiger partial charge in [-0.15, -0.1) is 0 Å². The van der Waals surface area contributed by atoms with Crippen LogP contribution in [0.2, 0.25) is 0 Å². The molecule has 6 heteroatoms.